The molecule has 0 N–H and O–H groups in total. The lowest BCUT2D eigenvalue weighted by molar-refractivity contribution is -0.107. The van der Waals surface area contributed by atoms with Crippen LogP contribution < -0.4 is 0 Å². The topological polar surface area (TPSA) is 48.0 Å². The number of rotatable bonds is 1. The van der Waals surface area contributed by atoms with Crippen molar-refractivity contribution in [3.63, 3.8) is 0 Å². The van der Waals surface area contributed by atoms with E-state index in [1.807, 2.05) is 20.8 Å². The van der Waals surface area contributed by atoms with Crippen LogP contribution in [0.5, 0.6) is 0 Å². The minimum atomic E-state index is -0.463. The SMILES string of the molecule is C[C@@H]1C[C@]2(CCO1)C[C@H](N(C)C(=O)OC(C)(C)C)CO2. The van der Waals surface area contributed by atoms with E-state index in [0.29, 0.717) is 6.61 Å². The molecule has 116 valence electrons. The van der Waals surface area contributed by atoms with E-state index in [-0.39, 0.29) is 23.8 Å². The standard InChI is InChI=1S/C15H27NO4/c1-11-8-15(6-7-18-11)9-12(10-19-15)16(5)13(17)20-14(2,3)4/h11-12H,6-10H2,1-5H3/t11-,12+,15-/m1/s1. The molecule has 5 heteroatoms. The Balaban J connectivity index is 1.93. The number of carbonyl (C=O) groups is 1. The lowest BCUT2D eigenvalue weighted by atomic mass is 9.87. The van der Waals surface area contributed by atoms with Crippen LogP contribution in [0.15, 0.2) is 0 Å². The van der Waals surface area contributed by atoms with Crippen LogP contribution in [0.4, 0.5) is 4.79 Å². The summed E-state index contributed by atoms with van der Waals surface area (Å²) >= 11 is 0. The fourth-order valence-corrected chi connectivity index (χ4v) is 3.00. The average Bonchev–Trinajstić information content (AvgIpc) is 2.69. The van der Waals surface area contributed by atoms with Gasteiger partial charge in [0, 0.05) is 20.1 Å². The van der Waals surface area contributed by atoms with Gasteiger partial charge in [0.2, 0.25) is 0 Å². The van der Waals surface area contributed by atoms with Crippen LogP contribution in [0.25, 0.3) is 0 Å². The van der Waals surface area contributed by atoms with E-state index in [4.69, 9.17) is 14.2 Å². The normalized spacial score (nSPS) is 34.2. The molecule has 2 saturated heterocycles. The van der Waals surface area contributed by atoms with Crippen molar-refractivity contribution in [3.8, 4) is 0 Å². The Morgan fingerprint density at radius 3 is 2.65 bits per heavy atom. The Morgan fingerprint density at radius 2 is 2.05 bits per heavy atom. The Bertz CT molecular complexity index is 365. The van der Waals surface area contributed by atoms with Crippen LogP contribution in [0, 0.1) is 0 Å². The molecule has 0 bridgehead atoms. The highest BCUT2D eigenvalue weighted by atomic mass is 16.6. The maximum atomic E-state index is 12.1. The highest BCUT2D eigenvalue weighted by Gasteiger charge is 2.45. The number of carbonyl (C=O) groups excluding carboxylic acids is 1. The molecule has 0 radical (unpaired) electrons. The Morgan fingerprint density at radius 1 is 1.35 bits per heavy atom. The maximum absolute atomic E-state index is 12.1. The zero-order valence-corrected chi connectivity index (χ0v) is 13.3. The minimum Gasteiger partial charge on any atom is -0.444 e. The van der Waals surface area contributed by atoms with Crippen molar-refractivity contribution in [3.05, 3.63) is 0 Å². The van der Waals surface area contributed by atoms with Gasteiger partial charge in [-0.15, -0.1) is 0 Å². The molecule has 0 saturated carbocycles. The summed E-state index contributed by atoms with van der Waals surface area (Å²) in [5, 5.41) is 0. The Kier molecular flexibility index (Phi) is 4.30. The lowest BCUT2D eigenvalue weighted by Crippen LogP contribution is -2.43. The van der Waals surface area contributed by atoms with Gasteiger partial charge in [-0.1, -0.05) is 0 Å². The van der Waals surface area contributed by atoms with Crippen LogP contribution in [-0.4, -0.2) is 54.6 Å². The van der Waals surface area contributed by atoms with Crippen LogP contribution in [0.3, 0.4) is 0 Å². The summed E-state index contributed by atoms with van der Waals surface area (Å²) in [6.07, 6.45) is 2.65. The van der Waals surface area contributed by atoms with E-state index in [1.165, 1.54) is 0 Å². The quantitative estimate of drug-likeness (QED) is 0.743. The molecule has 0 aromatic carbocycles. The fraction of sp³-hybridized carbons (Fsp3) is 0.933. The van der Waals surface area contributed by atoms with E-state index in [9.17, 15) is 4.79 Å². The van der Waals surface area contributed by atoms with Gasteiger partial charge in [0.25, 0.3) is 0 Å². The third kappa shape index (κ3) is 3.64. The van der Waals surface area contributed by atoms with Crippen molar-refractivity contribution in [2.24, 2.45) is 0 Å². The van der Waals surface area contributed by atoms with Crippen LogP contribution in [0.1, 0.15) is 47.0 Å². The largest absolute Gasteiger partial charge is 0.444 e. The number of nitrogens with zero attached hydrogens (tertiary/aromatic N) is 1. The van der Waals surface area contributed by atoms with Gasteiger partial charge in [-0.3, -0.25) is 0 Å². The molecule has 2 fully saturated rings. The lowest BCUT2D eigenvalue weighted by Gasteiger charge is -2.36. The molecule has 0 unspecified atom stereocenters. The van der Waals surface area contributed by atoms with Gasteiger partial charge in [-0.05, 0) is 40.5 Å². The van der Waals surface area contributed by atoms with Gasteiger partial charge in [0.1, 0.15) is 5.60 Å². The second kappa shape index (κ2) is 5.53. The Labute approximate surface area is 121 Å². The van der Waals surface area contributed by atoms with E-state index in [0.717, 1.165) is 25.9 Å². The fourth-order valence-electron chi connectivity index (χ4n) is 3.00. The molecular weight excluding hydrogens is 258 g/mol. The predicted octanol–water partition coefficient (Wildman–Crippen LogP) is 2.58. The zero-order chi connectivity index (χ0) is 15.0. The summed E-state index contributed by atoms with van der Waals surface area (Å²) < 4.78 is 17.0. The number of likely N-dealkylation sites (N-methyl/N-ethyl adjacent to an activating group) is 1. The van der Waals surface area contributed by atoms with E-state index < -0.39 is 5.60 Å². The molecule has 0 aromatic heterocycles. The zero-order valence-electron chi connectivity index (χ0n) is 13.3. The second-order valence-corrected chi connectivity index (χ2v) is 7.08. The number of amides is 1. The van der Waals surface area contributed by atoms with Crippen molar-refractivity contribution in [2.45, 2.75) is 70.3 Å². The molecule has 2 aliphatic heterocycles. The van der Waals surface area contributed by atoms with E-state index in [1.54, 1.807) is 11.9 Å². The van der Waals surface area contributed by atoms with Gasteiger partial charge >= 0.3 is 6.09 Å². The van der Waals surface area contributed by atoms with Gasteiger partial charge in [0.05, 0.1) is 24.4 Å². The third-order valence-corrected chi connectivity index (χ3v) is 4.04. The summed E-state index contributed by atoms with van der Waals surface area (Å²) in [5.74, 6) is 0. The molecule has 3 atom stereocenters. The van der Waals surface area contributed by atoms with Gasteiger partial charge in [-0.2, -0.15) is 0 Å². The van der Waals surface area contributed by atoms with Crippen molar-refractivity contribution < 1.29 is 19.0 Å². The second-order valence-electron chi connectivity index (χ2n) is 7.08. The van der Waals surface area contributed by atoms with Crippen molar-refractivity contribution in [1.82, 2.24) is 4.90 Å². The third-order valence-electron chi connectivity index (χ3n) is 4.04. The molecule has 20 heavy (non-hydrogen) atoms. The van der Waals surface area contributed by atoms with Crippen molar-refractivity contribution >= 4 is 6.09 Å². The van der Waals surface area contributed by atoms with E-state index >= 15 is 0 Å². The average molecular weight is 285 g/mol. The van der Waals surface area contributed by atoms with Crippen molar-refractivity contribution in [1.29, 1.82) is 0 Å². The molecule has 1 spiro atoms. The highest BCUT2D eigenvalue weighted by Crippen LogP contribution is 2.38. The predicted molar refractivity (Wildman–Crippen MR) is 75.7 cm³/mol. The maximum Gasteiger partial charge on any atom is 0.410 e. The van der Waals surface area contributed by atoms with Crippen LogP contribution in [0.2, 0.25) is 0 Å². The molecule has 2 aliphatic rings. The molecule has 0 aromatic rings. The summed E-state index contributed by atoms with van der Waals surface area (Å²) in [4.78, 5) is 13.8. The summed E-state index contributed by atoms with van der Waals surface area (Å²) in [6.45, 7) is 9.05. The number of hydrogen-bond acceptors (Lipinski definition) is 4. The first-order valence-electron chi connectivity index (χ1n) is 7.42. The smallest absolute Gasteiger partial charge is 0.410 e. The first-order valence-corrected chi connectivity index (χ1v) is 7.42. The molecule has 0 aliphatic carbocycles. The van der Waals surface area contributed by atoms with Gasteiger partial charge in [-0.25, -0.2) is 4.79 Å². The highest BCUT2D eigenvalue weighted by molar-refractivity contribution is 5.68. The minimum absolute atomic E-state index is 0.0927. The van der Waals surface area contributed by atoms with E-state index in [2.05, 4.69) is 6.92 Å². The molecular formula is C15H27NO4. The first kappa shape index (κ1) is 15.6. The van der Waals surface area contributed by atoms with Crippen LogP contribution in [-0.2, 0) is 14.2 Å². The van der Waals surface area contributed by atoms with Gasteiger partial charge in [0.15, 0.2) is 0 Å². The van der Waals surface area contributed by atoms with Gasteiger partial charge < -0.3 is 19.1 Å². The molecule has 1 amide bonds. The van der Waals surface area contributed by atoms with Crippen LogP contribution >= 0.6 is 0 Å². The Hall–Kier alpha value is -0.810. The summed E-state index contributed by atoms with van der Waals surface area (Å²) in [5.41, 5.74) is -0.575. The summed E-state index contributed by atoms with van der Waals surface area (Å²) in [6, 6.07) is 0.0927. The van der Waals surface area contributed by atoms with Crippen molar-refractivity contribution in [2.75, 3.05) is 20.3 Å². The molecule has 2 rings (SSSR count). The number of hydrogen-bond donors (Lipinski definition) is 0. The first-order chi connectivity index (χ1) is 9.21. The molecule has 2 heterocycles. The molecule has 5 nitrogen and oxygen atoms in total. The number of ether oxygens (including phenoxy) is 3. The summed E-state index contributed by atoms with van der Waals surface area (Å²) in [7, 11) is 1.80. The monoisotopic (exact) mass is 285 g/mol.